The van der Waals surface area contributed by atoms with Crippen molar-refractivity contribution < 1.29 is 0 Å². The number of rotatable bonds is 4. The first-order chi connectivity index (χ1) is 8.58. The zero-order chi connectivity index (χ0) is 13.1. The lowest BCUT2D eigenvalue weighted by Crippen LogP contribution is -2.17. The Kier molecular flexibility index (Phi) is 4.20. The highest BCUT2D eigenvalue weighted by molar-refractivity contribution is 7.10. The Morgan fingerprint density at radius 1 is 1.11 bits per heavy atom. The van der Waals surface area contributed by atoms with Crippen molar-refractivity contribution in [3.63, 3.8) is 0 Å². The van der Waals surface area contributed by atoms with E-state index in [4.69, 9.17) is 0 Å². The van der Waals surface area contributed by atoms with Crippen molar-refractivity contribution in [2.45, 2.75) is 40.3 Å². The van der Waals surface area contributed by atoms with E-state index in [1.165, 1.54) is 27.1 Å². The van der Waals surface area contributed by atoms with Crippen molar-refractivity contribution in [3.05, 3.63) is 56.8 Å². The molecule has 1 aromatic heterocycles. The van der Waals surface area contributed by atoms with Crippen molar-refractivity contribution in [2.24, 2.45) is 0 Å². The molecule has 0 spiro atoms. The van der Waals surface area contributed by atoms with Gasteiger partial charge in [0.1, 0.15) is 0 Å². The first-order valence-electron chi connectivity index (χ1n) is 6.41. The molecule has 0 aliphatic heterocycles. The molecule has 2 heteroatoms. The molecule has 0 aliphatic rings. The maximum absolute atomic E-state index is 3.60. The molecule has 0 bridgehead atoms. The van der Waals surface area contributed by atoms with Gasteiger partial charge in [-0.2, -0.15) is 0 Å². The van der Waals surface area contributed by atoms with Gasteiger partial charge in [-0.25, -0.2) is 0 Å². The number of aryl methyl sites for hydroxylation is 3. The van der Waals surface area contributed by atoms with Crippen LogP contribution in [0.25, 0.3) is 0 Å². The highest BCUT2D eigenvalue weighted by Crippen LogP contribution is 2.20. The quantitative estimate of drug-likeness (QED) is 0.851. The van der Waals surface area contributed by atoms with Crippen LogP contribution in [0.2, 0.25) is 0 Å². The summed E-state index contributed by atoms with van der Waals surface area (Å²) in [6, 6.07) is 9.31. The van der Waals surface area contributed by atoms with Crippen LogP contribution in [0.4, 0.5) is 0 Å². The van der Waals surface area contributed by atoms with Crippen molar-refractivity contribution in [1.82, 2.24) is 5.32 Å². The van der Waals surface area contributed by atoms with Crippen LogP contribution in [0.3, 0.4) is 0 Å². The molecular weight excluding hydrogens is 238 g/mol. The Morgan fingerprint density at radius 2 is 1.83 bits per heavy atom. The van der Waals surface area contributed by atoms with E-state index in [2.05, 4.69) is 62.7 Å². The van der Waals surface area contributed by atoms with Gasteiger partial charge in [0.15, 0.2) is 0 Å². The lowest BCUT2D eigenvalue weighted by molar-refractivity contribution is 0.581. The third kappa shape index (κ3) is 3.01. The summed E-state index contributed by atoms with van der Waals surface area (Å²) >= 11 is 1.81. The van der Waals surface area contributed by atoms with Gasteiger partial charge in [-0.15, -0.1) is 11.3 Å². The molecule has 0 fully saturated rings. The molecule has 0 amide bonds. The lowest BCUT2D eigenvalue weighted by Gasteiger charge is -2.15. The van der Waals surface area contributed by atoms with Crippen molar-refractivity contribution in [1.29, 1.82) is 0 Å². The van der Waals surface area contributed by atoms with Gasteiger partial charge < -0.3 is 5.32 Å². The fraction of sp³-hybridized carbons (Fsp3) is 0.375. The fourth-order valence-electron chi connectivity index (χ4n) is 2.11. The van der Waals surface area contributed by atoms with E-state index in [1.807, 2.05) is 11.3 Å². The third-order valence-electron chi connectivity index (χ3n) is 3.52. The van der Waals surface area contributed by atoms with E-state index in [0.717, 1.165) is 6.54 Å². The molecule has 2 rings (SSSR count). The minimum absolute atomic E-state index is 0.422. The molecule has 1 N–H and O–H groups in total. The second-order valence-electron chi connectivity index (χ2n) is 4.98. The summed E-state index contributed by atoms with van der Waals surface area (Å²) in [5.74, 6) is 0. The summed E-state index contributed by atoms with van der Waals surface area (Å²) in [4.78, 5) is 1.40. The molecule has 0 unspecified atom stereocenters. The van der Waals surface area contributed by atoms with Crippen molar-refractivity contribution in [2.75, 3.05) is 0 Å². The molecule has 0 saturated carbocycles. The van der Waals surface area contributed by atoms with Gasteiger partial charge in [0, 0.05) is 17.5 Å². The van der Waals surface area contributed by atoms with E-state index in [9.17, 15) is 0 Å². The summed E-state index contributed by atoms with van der Waals surface area (Å²) in [7, 11) is 0. The van der Waals surface area contributed by atoms with Crippen LogP contribution in [-0.2, 0) is 6.54 Å². The Morgan fingerprint density at radius 3 is 2.50 bits per heavy atom. The maximum Gasteiger partial charge on any atom is 0.0388 e. The lowest BCUT2D eigenvalue weighted by atomic mass is 10.0. The van der Waals surface area contributed by atoms with Crippen LogP contribution >= 0.6 is 11.3 Å². The topological polar surface area (TPSA) is 12.0 Å². The number of benzene rings is 1. The van der Waals surface area contributed by atoms with Crippen LogP contribution in [0.5, 0.6) is 0 Å². The molecule has 18 heavy (non-hydrogen) atoms. The number of hydrogen-bond acceptors (Lipinski definition) is 2. The number of thiophene rings is 1. The van der Waals surface area contributed by atoms with E-state index in [-0.39, 0.29) is 0 Å². The largest absolute Gasteiger partial charge is 0.305 e. The van der Waals surface area contributed by atoms with Gasteiger partial charge in [0.25, 0.3) is 0 Å². The maximum atomic E-state index is 3.60. The van der Waals surface area contributed by atoms with Gasteiger partial charge in [0.2, 0.25) is 0 Å². The molecule has 0 aliphatic carbocycles. The van der Waals surface area contributed by atoms with Crippen molar-refractivity contribution >= 4 is 11.3 Å². The van der Waals surface area contributed by atoms with Crippen LogP contribution in [0, 0.1) is 20.8 Å². The van der Waals surface area contributed by atoms with Gasteiger partial charge in [0.05, 0.1) is 0 Å². The van der Waals surface area contributed by atoms with Crippen molar-refractivity contribution in [3.8, 4) is 0 Å². The summed E-state index contributed by atoms with van der Waals surface area (Å²) in [5.41, 5.74) is 5.54. The first kappa shape index (κ1) is 13.3. The van der Waals surface area contributed by atoms with Crippen LogP contribution < -0.4 is 5.32 Å². The second-order valence-corrected chi connectivity index (χ2v) is 5.96. The summed E-state index contributed by atoms with van der Waals surface area (Å²) in [6.07, 6.45) is 0. The minimum atomic E-state index is 0.422. The van der Waals surface area contributed by atoms with Gasteiger partial charge in [-0.05, 0) is 61.4 Å². The van der Waals surface area contributed by atoms with Crippen LogP contribution in [0.15, 0.2) is 29.6 Å². The SMILES string of the molecule is Cc1cc(C)c(CN[C@@H](C)c2cccs2)cc1C. The smallest absolute Gasteiger partial charge is 0.0388 e. The zero-order valence-corrected chi connectivity index (χ0v) is 12.4. The molecule has 0 radical (unpaired) electrons. The highest BCUT2D eigenvalue weighted by Gasteiger charge is 2.07. The Bertz CT molecular complexity index is 514. The molecule has 1 aromatic carbocycles. The standard InChI is InChI=1S/C16H21NS/c1-11-8-13(3)15(9-12(11)2)10-17-14(4)16-6-5-7-18-16/h5-9,14,17H,10H2,1-4H3/t14-/m0/s1. The molecule has 2 aromatic rings. The fourth-order valence-corrected chi connectivity index (χ4v) is 2.87. The number of hydrogen-bond donors (Lipinski definition) is 1. The monoisotopic (exact) mass is 259 g/mol. The average Bonchev–Trinajstić information content (AvgIpc) is 2.85. The Labute approximate surface area is 114 Å². The van der Waals surface area contributed by atoms with E-state index >= 15 is 0 Å². The normalized spacial score (nSPS) is 12.7. The first-order valence-corrected chi connectivity index (χ1v) is 7.29. The molecular formula is C16H21NS. The second kappa shape index (κ2) is 5.68. The predicted molar refractivity (Wildman–Crippen MR) is 80.2 cm³/mol. The Hall–Kier alpha value is -1.12. The molecule has 1 heterocycles. The molecule has 96 valence electrons. The minimum Gasteiger partial charge on any atom is -0.305 e. The third-order valence-corrected chi connectivity index (χ3v) is 4.58. The number of nitrogens with one attached hydrogen (secondary N) is 1. The Balaban J connectivity index is 2.04. The summed E-state index contributed by atoms with van der Waals surface area (Å²) < 4.78 is 0. The van der Waals surface area contributed by atoms with Crippen LogP contribution in [0.1, 0.15) is 40.1 Å². The van der Waals surface area contributed by atoms with Gasteiger partial charge in [-0.1, -0.05) is 18.2 Å². The van der Waals surface area contributed by atoms with E-state index < -0.39 is 0 Å². The summed E-state index contributed by atoms with van der Waals surface area (Å²) in [5, 5.41) is 5.73. The predicted octanol–water partition coefficient (Wildman–Crippen LogP) is 4.52. The van der Waals surface area contributed by atoms with Gasteiger partial charge >= 0.3 is 0 Å². The van der Waals surface area contributed by atoms with E-state index in [1.54, 1.807) is 0 Å². The average molecular weight is 259 g/mol. The molecule has 0 saturated heterocycles. The summed E-state index contributed by atoms with van der Waals surface area (Å²) in [6.45, 7) is 9.71. The highest BCUT2D eigenvalue weighted by atomic mass is 32.1. The molecule has 1 nitrogen and oxygen atoms in total. The zero-order valence-electron chi connectivity index (χ0n) is 11.6. The molecule has 1 atom stereocenters. The van der Waals surface area contributed by atoms with Gasteiger partial charge in [-0.3, -0.25) is 0 Å². The van der Waals surface area contributed by atoms with Crippen LogP contribution in [-0.4, -0.2) is 0 Å². The van der Waals surface area contributed by atoms with E-state index in [0.29, 0.717) is 6.04 Å².